The first-order chi connectivity index (χ1) is 15.6. The van der Waals surface area contributed by atoms with Crippen LogP contribution in [0.4, 0.5) is 0 Å². The summed E-state index contributed by atoms with van der Waals surface area (Å²) in [5.74, 6) is 0.542. The first kappa shape index (κ1) is 20.7. The molecule has 0 radical (unpaired) electrons. The average Bonchev–Trinajstić information content (AvgIpc) is 3.56. The highest BCUT2D eigenvalue weighted by Crippen LogP contribution is 2.41. The van der Waals surface area contributed by atoms with Gasteiger partial charge in [-0.1, -0.05) is 48.0 Å². The first-order valence-corrected chi connectivity index (χ1v) is 11.4. The number of fused-ring (bicyclic) bond motifs is 1. The number of nitrogens with zero attached hydrogens (tertiary/aromatic N) is 3. The Morgan fingerprint density at radius 3 is 2.50 bits per heavy atom. The molecule has 2 aromatic carbocycles. The lowest BCUT2D eigenvalue weighted by atomic mass is 10.0. The minimum atomic E-state index is -0.0558. The fraction of sp³-hybridized carbons (Fsp3) is 0.400. The highest BCUT2D eigenvalue weighted by molar-refractivity contribution is 6.04. The van der Waals surface area contributed by atoms with Crippen molar-refractivity contribution in [3.05, 3.63) is 65.4 Å². The zero-order valence-electron chi connectivity index (χ0n) is 18.4. The van der Waals surface area contributed by atoms with E-state index in [0.29, 0.717) is 44.3 Å². The Balaban J connectivity index is 1.15. The van der Waals surface area contributed by atoms with Crippen LogP contribution in [0.3, 0.4) is 0 Å². The van der Waals surface area contributed by atoms with Crippen molar-refractivity contribution in [2.24, 2.45) is 5.92 Å². The van der Waals surface area contributed by atoms with Gasteiger partial charge in [-0.05, 0) is 37.3 Å². The molecule has 2 fully saturated rings. The first-order valence-electron chi connectivity index (χ1n) is 11.4. The molecule has 1 aliphatic carbocycles. The molecule has 1 unspecified atom stereocenters. The molecule has 3 aromatic rings. The number of rotatable bonds is 6. The maximum Gasteiger partial charge on any atom is 0.275 e. The van der Waals surface area contributed by atoms with E-state index in [1.54, 1.807) is 0 Å². The average molecular weight is 432 g/mol. The number of hydrogen-bond acceptors (Lipinski definition) is 4. The predicted octanol–water partition coefficient (Wildman–Crippen LogP) is 2.90. The summed E-state index contributed by atoms with van der Waals surface area (Å²) in [6.45, 7) is 4.99. The van der Waals surface area contributed by atoms with Crippen molar-refractivity contribution in [2.45, 2.75) is 25.8 Å². The highest BCUT2D eigenvalue weighted by atomic mass is 16.2. The number of hydrogen-bond donors (Lipinski definition) is 2. The van der Waals surface area contributed by atoms with Crippen LogP contribution in [0, 0.1) is 12.8 Å². The largest absolute Gasteiger partial charge is 0.348 e. The number of aryl methyl sites for hydroxylation is 1. The van der Waals surface area contributed by atoms with Gasteiger partial charge in [0, 0.05) is 31.6 Å². The molecule has 0 bridgehead atoms. The number of aromatic nitrogens is 2. The normalized spacial score (nSPS) is 18.0. The lowest BCUT2D eigenvalue weighted by molar-refractivity contribution is -0.123. The van der Waals surface area contributed by atoms with E-state index in [0.717, 1.165) is 10.9 Å². The van der Waals surface area contributed by atoms with Gasteiger partial charge in [-0.25, -0.2) is 0 Å². The van der Waals surface area contributed by atoms with Gasteiger partial charge in [0.15, 0.2) is 5.69 Å². The minimum Gasteiger partial charge on any atom is -0.348 e. The molecule has 2 N–H and O–H groups in total. The van der Waals surface area contributed by atoms with E-state index in [-0.39, 0.29) is 17.9 Å². The van der Waals surface area contributed by atoms with Crippen molar-refractivity contribution < 1.29 is 9.59 Å². The highest BCUT2D eigenvalue weighted by Gasteiger charge is 2.34. The van der Waals surface area contributed by atoms with Crippen LogP contribution < -0.4 is 5.32 Å². The summed E-state index contributed by atoms with van der Waals surface area (Å²) in [4.78, 5) is 29.7. The maximum atomic E-state index is 13.0. The van der Waals surface area contributed by atoms with Gasteiger partial charge in [0.05, 0.1) is 18.1 Å². The number of carbonyl (C=O) groups excluding carboxylic acids is 2. The van der Waals surface area contributed by atoms with Crippen LogP contribution in [0.2, 0.25) is 0 Å². The van der Waals surface area contributed by atoms with E-state index in [2.05, 4.69) is 51.6 Å². The Hall–Kier alpha value is -3.19. The molecule has 1 aliphatic heterocycles. The maximum absolute atomic E-state index is 13.0. The van der Waals surface area contributed by atoms with Crippen LogP contribution >= 0.6 is 0 Å². The Kier molecular flexibility index (Phi) is 5.66. The Morgan fingerprint density at radius 2 is 1.78 bits per heavy atom. The van der Waals surface area contributed by atoms with E-state index in [1.165, 1.54) is 24.0 Å². The van der Waals surface area contributed by atoms with Gasteiger partial charge in [0.2, 0.25) is 5.91 Å². The second-order valence-corrected chi connectivity index (χ2v) is 8.98. The number of carbonyl (C=O) groups is 2. The zero-order valence-corrected chi connectivity index (χ0v) is 18.4. The molecule has 1 atom stereocenters. The van der Waals surface area contributed by atoms with Gasteiger partial charge in [0.25, 0.3) is 5.91 Å². The van der Waals surface area contributed by atoms with Gasteiger partial charge in [-0.2, -0.15) is 5.10 Å². The van der Waals surface area contributed by atoms with E-state index in [4.69, 9.17) is 0 Å². The Labute approximate surface area is 187 Å². The zero-order chi connectivity index (χ0) is 22.1. The topological polar surface area (TPSA) is 81.3 Å². The van der Waals surface area contributed by atoms with Crippen molar-refractivity contribution in [1.29, 1.82) is 0 Å². The molecule has 2 heterocycles. The van der Waals surface area contributed by atoms with Gasteiger partial charge in [-0.3, -0.25) is 19.6 Å². The molecule has 1 saturated carbocycles. The summed E-state index contributed by atoms with van der Waals surface area (Å²) < 4.78 is 0. The third kappa shape index (κ3) is 4.39. The van der Waals surface area contributed by atoms with Crippen molar-refractivity contribution in [1.82, 2.24) is 25.3 Å². The van der Waals surface area contributed by atoms with Crippen LogP contribution in [0.1, 0.15) is 40.5 Å². The van der Waals surface area contributed by atoms with E-state index in [1.807, 2.05) is 29.2 Å². The number of H-pyrrole nitrogens is 1. The second-order valence-electron chi connectivity index (χ2n) is 8.98. The smallest absolute Gasteiger partial charge is 0.275 e. The van der Waals surface area contributed by atoms with Gasteiger partial charge >= 0.3 is 0 Å². The van der Waals surface area contributed by atoms with Crippen molar-refractivity contribution in [2.75, 3.05) is 32.7 Å². The molecule has 2 amide bonds. The summed E-state index contributed by atoms with van der Waals surface area (Å²) in [7, 11) is 0. The summed E-state index contributed by atoms with van der Waals surface area (Å²) in [6.07, 6.45) is 2.34. The Bertz CT molecular complexity index is 1110. The van der Waals surface area contributed by atoms with E-state index < -0.39 is 0 Å². The molecular formula is C25H29N5O2. The molecular weight excluding hydrogens is 402 g/mol. The van der Waals surface area contributed by atoms with Gasteiger partial charge in [0.1, 0.15) is 0 Å². The SMILES string of the molecule is Cc1ccc(C(NC(=O)CN2CCN(C(=O)c3n[nH]c4ccccc34)CC2)C2CC2)cc1. The predicted molar refractivity (Wildman–Crippen MR) is 123 cm³/mol. The third-order valence-corrected chi connectivity index (χ3v) is 6.55. The minimum absolute atomic E-state index is 0.0558. The van der Waals surface area contributed by atoms with E-state index >= 15 is 0 Å². The standard InChI is InChI=1S/C25H29N5O2/c1-17-6-8-18(9-7-17)23(19-10-11-19)26-22(31)16-29-12-14-30(15-13-29)25(32)24-20-4-2-3-5-21(20)27-28-24/h2-9,19,23H,10-16H2,1H3,(H,26,31)(H,27,28). The number of nitrogens with one attached hydrogen (secondary N) is 2. The van der Waals surface area contributed by atoms with Crippen LogP contribution in [0.25, 0.3) is 10.9 Å². The lowest BCUT2D eigenvalue weighted by Crippen LogP contribution is -2.51. The molecule has 2 aliphatic rings. The molecule has 7 nitrogen and oxygen atoms in total. The molecule has 166 valence electrons. The third-order valence-electron chi connectivity index (χ3n) is 6.55. The summed E-state index contributed by atoms with van der Waals surface area (Å²) >= 11 is 0. The van der Waals surface area contributed by atoms with Crippen LogP contribution in [-0.2, 0) is 4.79 Å². The fourth-order valence-corrected chi connectivity index (χ4v) is 4.48. The molecule has 1 aromatic heterocycles. The molecule has 1 saturated heterocycles. The van der Waals surface area contributed by atoms with Crippen LogP contribution in [0.5, 0.6) is 0 Å². The van der Waals surface area contributed by atoms with Gasteiger partial charge < -0.3 is 10.2 Å². The van der Waals surface area contributed by atoms with Crippen LogP contribution in [-0.4, -0.2) is 64.5 Å². The molecule has 0 spiro atoms. The number of amides is 2. The van der Waals surface area contributed by atoms with Gasteiger partial charge in [-0.15, -0.1) is 0 Å². The molecule has 32 heavy (non-hydrogen) atoms. The number of aromatic amines is 1. The quantitative estimate of drug-likeness (QED) is 0.629. The monoisotopic (exact) mass is 431 g/mol. The summed E-state index contributed by atoms with van der Waals surface area (Å²) in [5, 5.41) is 11.3. The molecule has 5 rings (SSSR count). The fourth-order valence-electron chi connectivity index (χ4n) is 4.48. The van der Waals surface area contributed by atoms with Crippen molar-refractivity contribution >= 4 is 22.7 Å². The second kappa shape index (κ2) is 8.74. The lowest BCUT2D eigenvalue weighted by Gasteiger charge is -2.34. The van der Waals surface area contributed by atoms with Crippen LogP contribution in [0.15, 0.2) is 48.5 Å². The van der Waals surface area contributed by atoms with Crippen molar-refractivity contribution in [3.63, 3.8) is 0 Å². The Morgan fingerprint density at radius 1 is 1.06 bits per heavy atom. The molecule has 7 heteroatoms. The van der Waals surface area contributed by atoms with E-state index in [9.17, 15) is 9.59 Å². The van der Waals surface area contributed by atoms with Crippen molar-refractivity contribution in [3.8, 4) is 0 Å². The summed E-state index contributed by atoms with van der Waals surface area (Å²) in [6, 6.07) is 16.2. The number of piperazine rings is 1. The number of benzene rings is 2. The summed E-state index contributed by atoms with van der Waals surface area (Å²) in [5.41, 5.74) is 3.75. The number of para-hydroxylation sites is 1.